The fourth-order valence-corrected chi connectivity index (χ4v) is 10.5. The van der Waals surface area contributed by atoms with Crippen LogP contribution in [0.2, 0.25) is 0 Å². The van der Waals surface area contributed by atoms with Crippen LogP contribution in [0.4, 0.5) is 5.69 Å². The highest BCUT2D eigenvalue weighted by Crippen LogP contribution is 2.74. The molecule has 4 aliphatic rings. The lowest BCUT2D eigenvalue weighted by molar-refractivity contribution is -0.234. The van der Waals surface area contributed by atoms with Crippen molar-refractivity contribution in [1.82, 2.24) is 0 Å². The van der Waals surface area contributed by atoms with Crippen molar-refractivity contribution in [3.8, 4) is 0 Å². The molecule has 0 saturated heterocycles. The molecule has 0 aromatic heterocycles. The van der Waals surface area contributed by atoms with Gasteiger partial charge in [-0.1, -0.05) is 57.5 Å². The van der Waals surface area contributed by atoms with Gasteiger partial charge in [0.2, 0.25) is 0 Å². The minimum absolute atomic E-state index is 0.0690. The summed E-state index contributed by atoms with van der Waals surface area (Å²) in [5, 5.41) is 26.1. The zero-order chi connectivity index (χ0) is 31.3. The molecule has 6 nitrogen and oxygen atoms in total. The highest BCUT2D eigenvalue weighted by molar-refractivity contribution is 6.04. The van der Waals surface area contributed by atoms with E-state index in [4.69, 9.17) is 4.74 Å². The molecule has 0 aliphatic heterocycles. The molecule has 4 fully saturated rings. The number of fused-ring (bicyclic) bond motifs is 5. The van der Waals surface area contributed by atoms with Gasteiger partial charge in [0.25, 0.3) is 5.91 Å². The second kappa shape index (κ2) is 11.8. The Bertz CT molecular complexity index is 1280. The number of aliphatic hydroxyl groups excluding tert-OH is 2. The van der Waals surface area contributed by atoms with Gasteiger partial charge in [-0.15, -0.1) is 0 Å². The second-order valence-electron chi connectivity index (χ2n) is 15.2. The van der Waals surface area contributed by atoms with Crippen LogP contribution in [-0.2, 0) is 14.3 Å². The van der Waals surface area contributed by atoms with Crippen molar-refractivity contribution in [3.05, 3.63) is 53.1 Å². The van der Waals surface area contributed by atoms with Crippen molar-refractivity contribution in [3.63, 3.8) is 0 Å². The summed E-state index contributed by atoms with van der Waals surface area (Å²) in [6.45, 7) is 14.8. The maximum absolute atomic E-state index is 14.1. The van der Waals surface area contributed by atoms with E-state index in [0.29, 0.717) is 37.2 Å². The highest BCUT2D eigenvalue weighted by Gasteiger charge is 2.70. The fraction of sp³-hybridized carbons (Fsp3) is 0.676. The Labute approximate surface area is 258 Å². The number of anilines is 1. The topological polar surface area (TPSA) is 95.9 Å². The van der Waals surface area contributed by atoms with Crippen LogP contribution in [0.15, 0.2) is 53.1 Å². The summed E-state index contributed by atoms with van der Waals surface area (Å²) < 4.78 is 6.11. The number of aliphatic hydroxyl groups is 2. The number of hydrogen-bond acceptors (Lipinski definition) is 5. The normalized spacial score (nSPS) is 41.3. The summed E-state index contributed by atoms with van der Waals surface area (Å²) in [7, 11) is 0. The standard InChI is InChI=1S/C37H53NO5/c1-22(2)12-11-15-26(34(42)38-25-13-9-8-10-14-25)32-28-20-30(41)33-35(5)18-17-29(40)23(3)27(35)16-19-36(33,6)37(28,7)21-31(32)43-24(4)39/h8-10,12-14,23,27-31,33,40-41H,11,15-21H2,1-7H3,(H,38,42)/b32-26-/t23-,27-,28-,29+,30+,31-,33-,35-,36-,37-/m0/s1. The number of hydrogen-bond donors (Lipinski definition) is 3. The van der Waals surface area contributed by atoms with E-state index in [-0.39, 0.29) is 52.0 Å². The van der Waals surface area contributed by atoms with Gasteiger partial charge in [-0.05, 0) is 123 Å². The van der Waals surface area contributed by atoms with Gasteiger partial charge in [-0.2, -0.15) is 0 Å². The molecule has 0 radical (unpaired) electrons. The Morgan fingerprint density at radius 3 is 2.35 bits per heavy atom. The lowest BCUT2D eigenvalue weighted by Crippen LogP contribution is -2.65. The molecule has 10 atom stereocenters. The van der Waals surface area contributed by atoms with Gasteiger partial charge >= 0.3 is 5.97 Å². The van der Waals surface area contributed by atoms with Crippen molar-refractivity contribution < 1.29 is 24.5 Å². The third-order valence-corrected chi connectivity index (χ3v) is 12.6. The van der Waals surface area contributed by atoms with Crippen LogP contribution in [0.25, 0.3) is 0 Å². The molecule has 0 spiro atoms. The third kappa shape index (κ3) is 5.41. The van der Waals surface area contributed by atoms with Crippen LogP contribution in [-0.4, -0.2) is 40.4 Å². The number of rotatable bonds is 6. The third-order valence-electron chi connectivity index (χ3n) is 12.6. The molecule has 3 N–H and O–H groups in total. The Morgan fingerprint density at radius 2 is 1.70 bits per heavy atom. The predicted octanol–water partition coefficient (Wildman–Crippen LogP) is 7.22. The molecule has 5 rings (SSSR count). The Balaban J connectivity index is 1.62. The van der Waals surface area contributed by atoms with Gasteiger partial charge in [0.15, 0.2) is 0 Å². The molecule has 6 heteroatoms. The zero-order valence-corrected chi connectivity index (χ0v) is 27.3. The molecule has 0 bridgehead atoms. The van der Waals surface area contributed by atoms with Crippen molar-refractivity contribution in [2.24, 2.45) is 39.9 Å². The first-order valence-corrected chi connectivity index (χ1v) is 16.5. The van der Waals surface area contributed by atoms with E-state index in [0.717, 1.165) is 36.9 Å². The highest BCUT2D eigenvalue weighted by atomic mass is 16.5. The van der Waals surface area contributed by atoms with Gasteiger partial charge in [-0.3, -0.25) is 9.59 Å². The molecule has 236 valence electrons. The van der Waals surface area contributed by atoms with Crippen LogP contribution in [0.5, 0.6) is 0 Å². The average Bonchev–Trinajstić information content (AvgIpc) is 3.20. The lowest BCUT2D eigenvalue weighted by Gasteiger charge is -2.69. The van der Waals surface area contributed by atoms with Gasteiger partial charge < -0.3 is 20.3 Å². The summed E-state index contributed by atoms with van der Waals surface area (Å²) in [6.07, 6.45) is 6.90. The number of carbonyl (C=O) groups excluding carboxylic acids is 2. The van der Waals surface area contributed by atoms with Crippen LogP contribution >= 0.6 is 0 Å². The minimum atomic E-state index is -0.541. The molecule has 0 unspecified atom stereocenters. The van der Waals surface area contributed by atoms with Gasteiger partial charge in [0, 0.05) is 18.2 Å². The second-order valence-corrected chi connectivity index (χ2v) is 15.2. The number of ether oxygens (including phenoxy) is 1. The van der Waals surface area contributed by atoms with Crippen molar-refractivity contribution in [2.45, 2.75) is 118 Å². The number of allylic oxidation sites excluding steroid dienone is 2. The number of carbonyl (C=O) groups is 2. The summed E-state index contributed by atoms with van der Waals surface area (Å²) in [5.41, 5.74) is 2.95. The van der Waals surface area contributed by atoms with E-state index < -0.39 is 12.2 Å². The maximum atomic E-state index is 14.1. The van der Waals surface area contributed by atoms with Gasteiger partial charge in [0.05, 0.1) is 12.2 Å². The molecule has 4 saturated carbocycles. The zero-order valence-electron chi connectivity index (χ0n) is 27.3. The first-order chi connectivity index (χ1) is 20.2. The molecule has 0 heterocycles. The molecular formula is C37H53NO5. The largest absolute Gasteiger partial charge is 0.458 e. The summed E-state index contributed by atoms with van der Waals surface area (Å²) >= 11 is 0. The first kappa shape index (κ1) is 32.0. The molecule has 1 amide bonds. The molecule has 1 aromatic rings. The Hall–Kier alpha value is -2.44. The van der Waals surface area contributed by atoms with E-state index in [9.17, 15) is 19.8 Å². The maximum Gasteiger partial charge on any atom is 0.303 e. The summed E-state index contributed by atoms with van der Waals surface area (Å²) in [4.78, 5) is 26.7. The summed E-state index contributed by atoms with van der Waals surface area (Å²) in [6, 6.07) is 9.50. The van der Waals surface area contributed by atoms with E-state index in [2.05, 4.69) is 52.9 Å². The van der Waals surface area contributed by atoms with E-state index in [1.165, 1.54) is 12.5 Å². The number of esters is 1. The van der Waals surface area contributed by atoms with E-state index in [1.807, 2.05) is 30.3 Å². The van der Waals surface area contributed by atoms with Gasteiger partial charge in [0.1, 0.15) is 6.10 Å². The monoisotopic (exact) mass is 591 g/mol. The van der Waals surface area contributed by atoms with Gasteiger partial charge in [-0.25, -0.2) is 0 Å². The molecule has 4 aliphatic carbocycles. The van der Waals surface area contributed by atoms with Crippen molar-refractivity contribution >= 4 is 17.6 Å². The number of amides is 1. The smallest absolute Gasteiger partial charge is 0.303 e. The first-order valence-electron chi connectivity index (χ1n) is 16.5. The predicted molar refractivity (Wildman–Crippen MR) is 170 cm³/mol. The van der Waals surface area contributed by atoms with Crippen LogP contribution in [0, 0.1) is 39.9 Å². The Kier molecular flexibility index (Phi) is 8.78. The van der Waals surface area contributed by atoms with Crippen LogP contribution < -0.4 is 5.32 Å². The number of benzene rings is 1. The van der Waals surface area contributed by atoms with E-state index in [1.54, 1.807) is 0 Å². The molecule has 43 heavy (non-hydrogen) atoms. The van der Waals surface area contributed by atoms with E-state index >= 15 is 0 Å². The number of nitrogens with one attached hydrogen (secondary N) is 1. The average molecular weight is 592 g/mol. The molecular weight excluding hydrogens is 538 g/mol. The number of para-hydroxylation sites is 1. The van der Waals surface area contributed by atoms with Crippen LogP contribution in [0.1, 0.15) is 99.8 Å². The van der Waals surface area contributed by atoms with Crippen LogP contribution in [0.3, 0.4) is 0 Å². The van der Waals surface area contributed by atoms with Crippen molar-refractivity contribution in [1.29, 1.82) is 0 Å². The lowest BCUT2D eigenvalue weighted by atomic mass is 9.36. The Morgan fingerprint density at radius 1 is 1.00 bits per heavy atom. The minimum Gasteiger partial charge on any atom is -0.458 e. The summed E-state index contributed by atoms with van der Waals surface area (Å²) in [5.74, 6) is 0.0584. The quantitative estimate of drug-likeness (QED) is 0.184. The fourth-order valence-electron chi connectivity index (χ4n) is 10.5. The van der Waals surface area contributed by atoms with Crippen molar-refractivity contribution in [2.75, 3.05) is 5.32 Å². The molecule has 1 aromatic carbocycles. The SMILES string of the molecule is CC(=O)O[C@H]1C[C@@]2(C)[C@@H](C[C@@H](O)[C@H]3[C@@]4(C)CC[C@@H](O)[C@@H](C)[C@@H]4CC[C@@]32C)/C1=C(\CCC=C(C)C)C(=O)Nc1ccccc1.